The summed E-state index contributed by atoms with van der Waals surface area (Å²) in [6.07, 6.45) is 3.47. The van der Waals surface area contributed by atoms with Gasteiger partial charge in [0.1, 0.15) is 11.5 Å². The van der Waals surface area contributed by atoms with Crippen LogP contribution in [0.25, 0.3) is 37.7 Å². The van der Waals surface area contributed by atoms with Gasteiger partial charge in [-0.3, -0.25) is 4.79 Å². The van der Waals surface area contributed by atoms with Crippen molar-refractivity contribution >= 4 is 33.3 Å². The molecule has 0 radical (unpaired) electrons. The van der Waals surface area contributed by atoms with Gasteiger partial charge in [-0.25, -0.2) is 0 Å². The molecule has 0 amide bonds. The van der Waals surface area contributed by atoms with E-state index in [-0.39, 0.29) is 5.78 Å². The first-order valence-electron chi connectivity index (χ1n) is 12.9. The van der Waals surface area contributed by atoms with Crippen LogP contribution in [0.1, 0.15) is 15.9 Å². The summed E-state index contributed by atoms with van der Waals surface area (Å²) in [6, 6.07) is 25.3. The maximum atomic E-state index is 13.8. The molecular formula is C34H30O6S. The van der Waals surface area contributed by atoms with Gasteiger partial charge in [-0.15, -0.1) is 11.3 Å². The van der Waals surface area contributed by atoms with Gasteiger partial charge in [0.25, 0.3) is 0 Å². The summed E-state index contributed by atoms with van der Waals surface area (Å²) in [4.78, 5) is 14.7. The number of carbonyl (C=O) groups is 1. The Morgan fingerprint density at radius 1 is 0.659 bits per heavy atom. The van der Waals surface area contributed by atoms with Crippen molar-refractivity contribution in [2.45, 2.75) is 0 Å². The van der Waals surface area contributed by atoms with Crippen molar-refractivity contribution in [3.05, 3.63) is 96.1 Å². The van der Waals surface area contributed by atoms with Crippen LogP contribution in [-0.2, 0) is 0 Å². The van der Waals surface area contributed by atoms with Gasteiger partial charge in [-0.2, -0.15) is 0 Å². The highest BCUT2D eigenvalue weighted by Crippen LogP contribution is 2.42. The van der Waals surface area contributed by atoms with Crippen molar-refractivity contribution in [2.75, 3.05) is 35.5 Å². The molecule has 0 aliphatic carbocycles. The number of hydrogen-bond acceptors (Lipinski definition) is 7. The third kappa shape index (κ3) is 5.62. The number of ether oxygens (including phenoxy) is 5. The van der Waals surface area contributed by atoms with Crippen molar-refractivity contribution in [3.63, 3.8) is 0 Å². The van der Waals surface area contributed by atoms with Crippen LogP contribution in [-0.4, -0.2) is 41.3 Å². The Bertz CT molecular complexity index is 1710. The van der Waals surface area contributed by atoms with E-state index in [4.69, 9.17) is 23.7 Å². The highest BCUT2D eigenvalue weighted by atomic mass is 32.1. The molecule has 41 heavy (non-hydrogen) atoms. The second kappa shape index (κ2) is 12.2. The second-order valence-corrected chi connectivity index (χ2v) is 10.2. The van der Waals surface area contributed by atoms with E-state index in [1.165, 1.54) is 0 Å². The molecule has 7 heteroatoms. The largest absolute Gasteiger partial charge is 0.497 e. The van der Waals surface area contributed by atoms with Crippen LogP contribution in [0.5, 0.6) is 28.7 Å². The van der Waals surface area contributed by atoms with Crippen LogP contribution in [0.2, 0.25) is 0 Å². The Kier molecular flexibility index (Phi) is 8.26. The first kappa shape index (κ1) is 27.8. The number of fused-ring (bicyclic) bond motifs is 1. The number of benzene rings is 4. The first-order chi connectivity index (χ1) is 20.0. The van der Waals surface area contributed by atoms with Crippen molar-refractivity contribution in [2.24, 2.45) is 0 Å². The topological polar surface area (TPSA) is 63.2 Å². The molecule has 6 nitrogen and oxygen atoms in total. The minimum absolute atomic E-state index is 0.0783. The fraction of sp³-hybridized carbons (Fsp3) is 0.147. The third-order valence-corrected chi connectivity index (χ3v) is 8.01. The van der Waals surface area contributed by atoms with Crippen LogP contribution in [0.4, 0.5) is 0 Å². The molecule has 0 N–H and O–H groups in total. The van der Waals surface area contributed by atoms with Gasteiger partial charge >= 0.3 is 0 Å². The zero-order valence-electron chi connectivity index (χ0n) is 23.5. The smallest absolute Gasteiger partial charge is 0.203 e. The van der Waals surface area contributed by atoms with Crippen LogP contribution < -0.4 is 23.7 Å². The van der Waals surface area contributed by atoms with Crippen molar-refractivity contribution < 1.29 is 28.5 Å². The van der Waals surface area contributed by atoms with Gasteiger partial charge in [0.05, 0.1) is 35.5 Å². The van der Waals surface area contributed by atoms with E-state index in [1.807, 2.05) is 84.9 Å². The lowest BCUT2D eigenvalue weighted by atomic mass is 9.99. The molecule has 5 rings (SSSR count). The van der Waals surface area contributed by atoms with Crippen molar-refractivity contribution in [1.82, 2.24) is 0 Å². The number of rotatable bonds is 10. The molecular weight excluding hydrogens is 536 g/mol. The van der Waals surface area contributed by atoms with Gasteiger partial charge in [0.15, 0.2) is 17.3 Å². The van der Waals surface area contributed by atoms with E-state index in [0.29, 0.717) is 22.8 Å². The highest BCUT2D eigenvalue weighted by molar-refractivity contribution is 7.22. The Morgan fingerprint density at radius 3 is 1.98 bits per heavy atom. The summed E-state index contributed by atoms with van der Waals surface area (Å²) in [5, 5.41) is 0.891. The maximum Gasteiger partial charge on any atom is 0.203 e. The normalized spacial score (nSPS) is 11.0. The van der Waals surface area contributed by atoms with Crippen molar-refractivity contribution in [1.29, 1.82) is 0 Å². The minimum atomic E-state index is -0.0783. The number of ketones is 1. The molecule has 208 valence electrons. The van der Waals surface area contributed by atoms with Gasteiger partial charge < -0.3 is 23.7 Å². The fourth-order valence-electron chi connectivity index (χ4n) is 4.72. The quantitative estimate of drug-likeness (QED) is 0.126. The predicted octanol–water partition coefficient (Wildman–Crippen LogP) is 8.17. The van der Waals surface area contributed by atoms with E-state index in [1.54, 1.807) is 53.0 Å². The highest BCUT2D eigenvalue weighted by Gasteiger charge is 2.20. The summed E-state index contributed by atoms with van der Waals surface area (Å²) in [5.74, 6) is 3.11. The fourth-order valence-corrected chi connectivity index (χ4v) is 5.96. The molecule has 1 heterocycles. The summed E-state index contributed by atoms with van der Waals surface area (Å²) < 4.78 is 28.2. The summed E-state index contributed by atoms with van der Waals surface area (Å²) >= 11 is 1.57. The number of carbonyl (C=O) groups excluding carboxylic acids is 1. The Balaban J connectivity index is 1.52. The number of thiophene rings is 1. The molecule has 0 fully saturated rings. The zero-order valence-corrected chi connectivity index (χ0v) is 24.3. The van der Waals surface area contributed by atoms with E-state index in [9.17, 15) is 4.79 Å². The molecule has 5 aromatic rings. The Morgan fingerprint density at radius 2 is 1.34 bits per heavy atom. The van der Waals surface area contributed by atoms with E-state index in [0.717, 1.165) is 48.7 Å². The van der Waals surface area contributed by atoms with Gasteiger partial charge in [0, 0.05) is 20.5 Å². The molecule has 0 aliphatic rings. The van der Waals surface area contributed by atoms with E-state index >= 15 is 0 Å². The average molecular weight is 567 g/mol. The minimum Gasteiger partial charge on any atom is -0.497 e. The molecule has 0 aliphatic heterocycles. The first-order valence-corrected chi connectivity index (χ1v) is 13.7. The molecule has 0 spiro atoms. The number of hydrogen-bond donors (Lipinski definition) is 0. The van der Waals surface area contributed by atoms with E-state index < -0.39 is 0 Å². The molecule has 0 unspecified atom stereocenters. The van der Waals surface area contributed by atoms with Crippen LogP contribution in [0.15, 0.2) is 84.9 Å². The molecule has 1 aromatic heterocycles. The van der Waals surface area contributed by atoms with Crippen LogP contribution >= 0.6 is 11.3 Å². The van der Waals surface area contributed by atoms with Crippen LogP contribution in [0, 0.1) is 0 Å². The van der Waals surface area contributed by atoms with E-state index in [2.05, 4.69) is 0 Å². The monoisotopic (exact) mass is 566 g/mol. The SMILES string of the molecule is COc1ccc(-c2sc3cc(OC)ccc3c2C(=O)/C=C/c2cccc(-c3cc(OC)c(OC)c(OC)c3)c2)cc1. The molecule has 0 saturated carbocycles. The standard InChI is InChI=1S/C34H30O6S/c1-36-25-12-10-22(11-13-25)34-32(27-15-14-26(37-2)20-31(27)41-34)28(35)16-9-21-7-6-8-23(17-21)24-18-29(38-3)33(40-5)30(19-24)39-4/h6-20H,1-5H3/b16-9+. The molecule has 0 saturated heterocycles. The second-order valence-electron chi connectivity index (χ2n) is 9.13. The zero-order chi connectivity index (χ0) is 28.9. The summed E-state index contributed by atoms with van der Waals surface area (Å²) in [5.41, 5.74) is 4.35. The molecule has 0 bridgehead atoms. The summed E-state index contributed by atoms with van der Waals surface area (Å²) in [7, 11) is 8.04. The average Bonchev–Trinajstić information content (AvgIpc) is 3.41. The Labute approximate surface area is 243 Å². The maximum absolute atomic E-state index is 13.8. The van der Waals surface area contributed by atoms with Crippen LogP contribution in [0.3, 0.4) is 0 Å². The van der Waals surface area contributed by atoms with Gasteiger partial charge in [0.2, 0.25) is 5.75 Å². The number of allylic oxidation sites excluding steroid dienone is 1. The summed E-state index contributed by atoms with van der Waals surface area (Å²) in [6.45, 7) is 0. The van der Waals surface area contributed by atoms with Gasteiger partial charge in [-0.05, 0) is 89.0 Å². The lowest BCUT2D eigenvalue weighted by Crippen LogP contribution is -1.96. The lowest BCUT2D eigenvalue weighted by molar-refractivity contribution is 0.105. The number of methoxy groups -OCH3 is 5. The third-order valence-electron chi connectivity index (χ3n) is 6.81. The molecule has 0 atom stereocenters. The van der Waals surface area contributed by atoms with Gasteiger partial charge in [-0.1, -0.05) is 24.3 Å². The predicted molar refractivity (Wildman–Crippen MR) is 165 cm³/mol. The van der Waals surface area contributed by atoms with Crippen molar-refractivity contribution in [3.8, 4) is 50.3 Å². The lowest BCUT2D eigenvalue weighted by Gasteiger charge is -2.14. The Hall–Kier alpha value is -4.75. The molecule has 4 aromatic carbocycles.